The van der Waals surface area contributed by atoms with Gasteiger partial charge in [0.05, 0.1) is 193 Å². The summed E-state index contributed by atoms with van der Waals surface area (Å²) in [5.74, 6) is 5.85. The smallest absolute Gasteiger partial charge is 0.215 e. The van der Waals surface area contributed by atoms with Gasteiger partial charge in [-0.25, -0.2) is 29.9 Å². The van der Waals surface area contributed by atoms with Crippen LogP contribution in [0.5, 0.6) is 0 Å². The molecule has 0 radical (unpaired) electrons. The van der Waals surface area contributed by atoms with E-state index in [1.807, 2.05) is 109 Å². The van der Waals surface area contributed by atoms with Crippen LogP contribution >= 0.6 is 68.0 Å². The quantitative estimate of drug-likeness (QED) is 0.140. The van der Waals surface area contributed by atoms with E-state index < -0.39 is 0 Å². The number of aryl methyl sites for hydroxylation is 6. The van der Waals surface area contributed by atoms with Gasteiger partial charge in [-0.05, 0) is 206 Å². The molecule has 23 heterocycles. The molecule has 0 saturated carbocycles. The summed E-state index contributed by atoms with van der Waals surface area (Å²) in [6.45, 7) is 0. The van der Waals surface area contributed by atoms with Crippen LogP contribution in [0.25, 0.3) is 289 Å². The standard InChI is InChI=1S/C20H13N3S.5C19H12N4S/c1-22-16-11-10-13-12-6-2-5-9-17(12)24-19(13)18(16)23-15-8-4-3-7-14(15)21-20(22)23;1-22-17-14(23-13-6-3-2-5-12(13)21-19(22)23)9-8-11-16-15(24-18(11)17)7-4-10-20-16;1-22-18-13(23-12-6-3-2-5-11(12)21-19(22)23)8-9-14-16(18)17-15(24-14)7-4-10-20-17;1-22-13-8-9-14-16(17-15(24-14)7-4-10-20-17)18(13)23-12-6-3-2-5-11(12)21-19(22)23;1-22-14-10-17-11(18-16(24-17)7-4-8-20-18)9-15(14)23-13-6-3-2-5-12(13)21-19(22)23;1-22-14-9-11-17(24-16-7-4-8-20-18(11)16)10-15(14)23-13-6-3-2-5-12(13)21-19(22)23/h2-11H,1H3;5*2-10H,1H3. The SMILES string of the molecule is Cn1c2c3c(ccc2n2c4ccccc4nc12)sc1cccnc13.Cn1c2c3sc4cccnc4c3ccc2n2c3ccccc3nc12.Cn1c2cc3c(cc2n2c4ccccc4nc12)sc1cccnc13.Cn1c2cc3sc4cccnc4c3cc2n2c3ccccc3nc12.Cn1c2ccc3c4ccccc4sc3c2n2c3ccccc3nc12.Cn1c2ccc3sc4cccnc4c3c2n2c3ccccc3nc12. The Hall–Kier alpha value is -17.5. The molecule has 0 aliphatic rings. The Bertz CT molecular complexity index is 11800. The van der Waals surface area contributed by atoms with Gasteiger partial charge in [0.25, 0.3) is 0 Å². The molecule has 23 nitrogen and oxygen atoms in total. The molecular weight excluding hydrogens is 1900 g/mol. The zero-order valence-electron chi connectivity index (χ0n) is 77.5. The molecule has 13 aromatic carbocycles. The molecule has 0 aliphatic heterocycles. The molecule has 23 aromatic heterocycles. The second kappa shape index (κ2) is 30.5. The van der Waals surface area contributed by atoms with E-state index in [0.717, 1.165) is 123 Å². The molecular formula is C115H73N23S6. The van der Waals surface area contributed by atoms with Gasteiger partial charge >= 0.3 is 0 Å². The summed E-state index contributed by atoms with van der Waals surface area (Å²) in [6.07, 6.45) is 9.34. The number of imidazole rings is 12. The third-order valence-electron chi connectivity index (χ3n) is 28.8. The lowest BCUT2D eigenvalue weighted by atomic mass is 10.1. The van der Waals surface area contributed by atoms with Gasteiger partial charge in [0.2, 0.25) is 34.7 Å². The minimum Gasteiger partial charge on any atom is -0.313 e. The van der Waals surface area contributed by atoms with E-state index in [1.54, 1.807) is 56.7 Å². The number of nitrogens with zero attached hydrogens (tertiary/aromatic N) is 23. The van der Waals surface area contributed by atoms with Crippen LogP contribution in [0.2, 0.25) is 0 Å². The van der Waals surface area contributed by atoms with Crippen LogP contribution in [0.15, 0.2) is 334 Å². The zero-order valence-corrected chi connectivity index (χ0v) is 82.4. The van der Waals surface area contributed by atoms with Gasteiger partial charge in [-0.3, -0.25) is 51.3 Å². The highest BCUT2D eigenvalue weighted by molar-refractivity contribution is 7.28. The van der Waals surface area contributed by atoms with Crippen molar-refractivity contribution in [3.63, 3.8) is 0 Å². The number of rotatable bonds is 0. The van der Waals surface area contributed by atoms with Crippen LogP contribution in [0.4, 0.5) is 0 Å². The summed E-state index contributed by atoms with van der Waals surface area (Å²) in [6, 6.07) is 106. The molecule has 144 heavy (non-hydrogen) atoms. The van der Waals surface area contributed by atoms with Crippen molar-refractivity contribution >= 4 is 357 Å². The van der Waals surface area contributed by atoms with Crippen LogP contribution < -0.4 is 0 Å². The van der Waals surface area contributed by atoms with Gasteiger partial charge in [0, 0.05) is 134 Å². The van der Waals surface area contributed by atoms with Crippen molar-refractivity contribution in [3.8, 4) is 0 Å². The van der Waals surface area contributed by atoms with Crippen molar-refractivity contribution in [1.29, 1.82) is 0 Å². The van der Waals surface area contributed by atoms with Crippen LogP contribution in [0, 0.1) is 0 Å². The molecule has 29 heteroatoms. The molecule has 0 saturated heterocycles. The van der Waals surface area contributed by atoms with E-state index in [-0.39, 0.29) is 0 Å². The number of fused-ring (bicyclic) bond motifs is 52. The Morgan fingerprint density at radius 1 is 0.174 bits per heavy atom. The zero-order chi connectivity index (χ0) is 95.0. The summed E-state index contributed by atoms with van der Waals surface area (Å²) in [5.41, 5.74) is 32.9. The number of pyridine rings is 5. The molecule has 0 amide bonds. The number of aromatic nitrogens is 23. The molecule has 0 bridgehead atoms. The third-order valence-corrected chi connectivity index (χ3v) is 35.6. The van der Waals surface area contributed by atoms with Crippen molar-refractivity contribution < 1.29 is 0 Å². The van der Waals surface area contributed by atoms with E-state index in [9.17, 15) is 0 Å². The molecule has 0 spiro atoms. The van der Waals surface area contributed by atoms with Crippen LogP contribution in [0.3, 0.4) is 0 Å². The summed E-state index contributed by atoms with van der Waals surface area (Å²) in [4.78, 5) is 52.0. The fourth-order valence-corrected chi connectivity index (χ4v) is 29.1. The predicted molar refractivity (Wildman–Crippen MR) is 601 cm³/mol. The number of para-hydroxylation sites is 12. The van der Waals surface area contributed by atoms with Gasteiger partial charge in [-0.2, -0.15) is 0 Å². The van der Waals surface area contributed by atoms with Crippen LogP contribution in [-0.4, -0.2) is 109 Å². The second-order valence-electron chi connectivity index (χ2n) is 36.5. The van der Waals surface area contributed by atoms with Gasteiger partial charge in [-0.15, -0.1) is 68.0 Å². The molecule has 36 rings (SSSR count). The fourth-order valence-electron chi connectivity index (χ4n) is 22.3. The Balaban J connectivity index is 0.0000000788. The molecule has 684 valence electrons. The van der Waals surface area contributed by atoms with Crippen LogP contribution in [0.1, 0.15) is 0 Å². The highest BCUT2D eigenvalue weighted by Crippen LogP contribution is 2.47. The van der Waals surface area contributed by atoms with Gasteiger partial charge < -0.3 is 27.4 Å². The highest BCUT2D eigenvalue weighted by Gasteiger charge is 2.27. The summed E-state index contributed by atoms with van der Waals surface area (Å²) in [7, 11) is 12.5. The predicted octanol–water partition coefficient (Wildman–Crippen LogP) is 29.1. The number of benzene rings is 13. The molecule has 0 atom stereocenters. The van der Waals surface area contributed by atoms with Crippen LogP contribution in [-0.2, 0) is 42.3 Å². The highest BCUT2D eigenvalue weighted by atomic mass is 32.1. The maximum absolute atomic E-state index is 4.84. The Labute approximate surface area is 835 Å². The van der Waals surface area contributed by atoms with E-state index in [2.05, 4.69) is 358 Å². The van der Waals surface area contributed by atoms with Gasteiger partial charge in [0.15, 0.2) is 0 Å². The maximum Gasteiger partial charge on any atom is 0.215 e. The largest absolute Gasteiger partial charge is 0.313 e. The van der Waals surface area contributed by atoms with Crippen molar-refractivity contribution in [2.24, 2.45) is 42.3 Å². The third kappa shape index (κ3) is 11.5. The summed E-state index contributed by atoms with van der Waals surface area (Å²) in [5, 5.41) is 8.77. The van der Waals surface area contributed by atoms with E-state index in [4.69, 9.17) is 29.9 Å². The second-order valence-corrected chi connectivity index (χ2v) is 43.0. The Morgan fingerprint density at radius 3 is 0.972 bits per heavy atom. The lowest BCUT2D eigenvalue weighted by Gasteiger charge is -1.99. The van der Waals surface area contributed by atoms with E-state index >= 15 is 0 Å². The first kappa shape index (κ1) is 81.4. The minimum atomic E-state index is 0.967. The van der Waals surface area contributed by atoms with Gasteiger partial charge in [-0.1, -0.05) is 97.1 Å². The molecule has 0 N–H and O–H groups in total. The first-order valence-electron chi connectivity index (χ1n) is 47.2. The molecule has 0 fully saturated rings. The van der Waals surface area contributed by atoms with Crippen molar-refractivity contribution in [1.82, 2.24) is 109 Å². The number of thiophene rings is 6. The lowest BCUT2D eigenvalue weighted by molar-refractivity contribution is 0.974. The first-order valence-corrected chi connectivity index (χ1v) is 52.1. The normalized spacial score (nSPS) is 12.4. The monoisotopic (exact) mass is 1970 g/mol. The lowest BCUT2D eigenvalue weighted by Crippen LogP contribution is -1.89. The van der Waals surface area contributed by atoms with E-state index in [1.165, 1.54) is 166 Å². The van der Waals surface area contributed by atoms with Crippen molar-refractivity contribution in [2.75, 3.05) is 0 Å². The first-order chi connectivity index (χ1) is 70.9. The average molecular weight is 1970 g/mol. The Morgan fingerprint density at radius 2 is 0.472 bits per heavy atom. The average Bonchev–Trinajstić information content (AvgIpc) is 1.56. The fraction of sp³-hybridized carbons (Fsp3) is 0.0522. The van der Waals surface area contributed by atoms with Gasteiger partial charge in [0.1, 0.15) is 0 Å². The summed E-state index contributed by atoms with van der Waals surface area (Å²) < 4.78 is 41.8. The maximum atomic E-state index is 4.84. The Kier molecular flexibility index (Phi) is 17.3. The number of hydrogen-bond donors (Lipinski definition) is 0. The molecule has 0 aliphatic carbocycles. The topological polar surface area (TPSA) is 198 Å². The summed E-state index contributed by atoms with van der Waals surface area (Å²) >= 11 is 10.9. The molecule has 36 aromatic rings. The molecule has 0 unspecified atom stereocenters. The van der Waals surface area contributed by atoms with E-state index in [0.29, 0.717) is 0 Å². The van der Waals surface area contributed by atoms with Crippen molar-refractivity contribution in [3.05, 3.63) is 334 Å². The minimum absolute atomic E-state index is 0.967. The van der Waals surface area contributed by atoms with Crippen molar-refractivity contribution in [2.45, 2.75) is 0 Å². The number of hydrogen-bond acceptors (Lipinski definition) is 17.